The molecule has 2 saturated heterocycles. The van der Waals surface area contributed by atoms with E-state index < -0.39 is 0 Å². The number of ether oxygens (including phenoxy) is 1. The van der Waals surface area contributed by atoms with Gasteiger partial charge in [-0.3, -0.25) is 9.69 Å². The first kappa shape index (κ1) is 21.8. The van der Waals surface area contributed by atoms with Crippen LogP contribution in [-0.4, -0.2) is 79.7 Å². The summed E-state index contributed by atoms with van der Waals surface area (Å²) in [6.45, 7) is 5.54. The number of benzene rings is 1. The van der Waals surface area contributed by atoms with Gasteiger partial charge in [0.05, 0.1) is 36.3 Å². The third-order valence-electron chi connectivity index (χ3n) is 7.57. The maximum absolute atomic E-state index is 13.5. The normalized spacial score (nSPS) is 24.0. The highest BCUT2D eigenvalue weighted by Crippen LogP contribution is 2.35. The van der Waals surface area contributed by atoms with E-state index in [2.05, 4.69) is 32.6 Å². The Kier molecular flexibility index (Phi) is 5.51. The first-order valence-corrected chi connectivity index (χ1v) is 12.0. The number of pyridine rings is 1. The molecule has 178 valence electrons. The van der Waals surface area contributed by atoms with Crippen LogP contribution >= 0.6 is 0 Å². The molecule has 0 radical (unpaired) electrons. The lowest BCUT2D eigenvalue weighted by atomic mass is 9.96. The second-order valence-corrected chi connectivity index (χ2v) is 9.44. The van der Waals surface area contributed by atoms with E-state index in [1.165, 1.54) is 11.0 Å². The van der Waals surface area contributed by atoms with Crippen LogP contribution in [0.1, 0.15) is 46.4 Å². The van der Waals surface area contributed by atoms with Gasteiger partial charge in [0.1, 0.15) is 6.33 Å². The van der Waals surface area contributed by atoms with Crippen molar-refractivity contribution in [3.63, 3.8) is 0 Å². The number of morpholine rings is 1. The van der Waals surface area contributed by atoms with Crippen molar-refractivity contribution in [3.8, 4) is 11.9 Å². The molecule has 1 amide bonds. The van der Waals surface area contributed by atoms with E-state index in [0.29, 0.717) is 31.1 Å². The molecule has 6 rings (SSSR count). The van der Waals surface area contributed by atoms with Gasteiger partial charge in [-0.15, -0.1) is 5.10 Å². The van der Waals surface area contributed by atoms with E-state index >= 15 is 0 Å². The molecule has 2 fully saturated rings. The van der Waals surface area contributed by atoms with Crippen LogP contribution in [0.4, 0.5) is 0 Å². The first-order valence-electron chi connectivity index (χ1n) is 12.0. The molecule has 1 aromatic carbocycles. The third-order valence-corrected chi connectivity index (χ3v) is 7.57. The minimum Gasteiger partial charge on any atom is -0.370 e. The van der Waals surface area contributed by atoms with Crippen LogP contribution in [0.15, 0.2) is 36.7 Å². The zero-order chi connectivity index (χ0) is 23.9. The quantitative estimate of drug-likeness (QED) is 0.567. The summed E-state index contributed by atoms with van der Waals surface area (Å²) < 4.78 is 7.79. The van der Waals surface area contributed by atoms with Crippen molar-refractivity contribution in [1.29, 1.82) is 5.26 Å². The topological polar surface area (TPSA) is 113 Å². The summed E-state index contributed by atoms with van der Waals surface area (Å²) in [5.74, 6) is 0.695. The number of hydrogen-bond acceptors (Lipinski definition) is 8. The van der Waals surface area contributed by atoms with Crippen LogP contribution in [0, 0.1) is 18.3 Å². The number of amides is 1. The molecule has 2 aromatic heterocycles. The molecule has 35 heavy (non-hydrogen) atoms. The molecular formula is C25H26N8O2. The van der Waals surface area contributed by atoms with Crippen LogP contribution in [0.3, 0.4) is 0 Å². The van der Waals surface area contributed by atoms with E-state index in [4.69, 9.17) is 9.72 Å². The molecule has 0 saturated carbocycles. The summed E-state index contributed by atoms with van der Waals surface area (Å²) in [7, 11) is 0. The monoisotopic (exact) mass is 470 g/mol. The number of tetrazole rings is 1. The lowest BCUT2D eigenvalue weighted by molar-refractivity contribution is -0.141. The molecule has 0 spiro atoms. The number of nitriles is 1. The van der Waals surface area contributed by atoms with Gasteiger partial charge in [-0.1, -0.05) is 18.2 Å². The number of rotatable bonds is 3. The zero-order valence-corrected chi connectivity index (χ0v) is 19.5. The van der Waals surface area contributed by atoms with Gasteiger partial charge >= 0.3 is 0 Å². The van der Waals surface area contributed by atoms with Gasteiger partial charge in [0.25, 0.3) is 0 Å². The van der Waals surface area contributed by atoms with Crippen molar-refractivity contribution >= 4 is 5.91 Å². The molecular weight excluding hydrogens is 444 g/mol. The van der Waals surface area contributed by atoms with E-state index in [9.17, 15) is 10.1 Å². The van der Waals surface area contributed by atoms with Crippen LogP contribution in [0.25, 0.3) is 5.82 Å². The molecule has 10 heteroatoms. The Bertz CT molecular complexity index is 1300. The van der Waals surface area contributed by atoms with Gasteiger partial charge in [0.2, 0.25) is 5.91 Å². The van der Waals surface area contributed by atoms with Gasteiger partial charge < -0.3 is 9.64 Å². The van der Waals surface area contributed by atoms with Crippen LogP contribution < -0.4 is 0 Å². The Morgan fingerprint density at radius 3 is 2.91 bits per heavy atom. The van der Waals surface area contributed by atoms with Gasteiger partial charge in [-0.25, -0.2) is 4.98 Å². The number of fused-ring (bicyclic) bond motifs is 2. The van der Waals surface area contributed by atoms with Gasteiger partial charge in [0.15, 0.2) is 5.82 Å². The summed E-state index contributed by atoms with van der Waals surface area (Å²) in [5.41, 5.74) is 4.73. The Labute approximate surface area is 203 Å². The number of carbonyl (C=O) groups excluding carboxylic acids is 1. The number of nitrogens with zero attached hydrogens (tertiary/aromatic N) is 8. The molecule has 10 nitrogen and oxygen atoms in total. The number of hydrogen-bond donors (Lipinski definition) is 0. The lowest BCUT2D eigenvalue weighted by Gasteiger charge is -2.46. The van der Waals surface area contributed by atoms with E-state index in [0.717, 1.165) is 48.3 Å². The summed E-state index contributed by atoms with van der Waals surface area (Å²) in [6.07, 6.45) is 3.02. The number of carbonyl (C=O) groups is 1. The molecule has 3 aromatic rings. The standard InChI is InChI=1S/C25H26N8O2/c1-16-17(11-26)3-2-4-19(16)23-13-31-9-10-32(12-18(31)14-35-23)25(34)21-5-7-22-20(21)6-8-24(28-22)33-15-27-29-30-33/h2-4,6,8,15,18,21,23H,5,7,9-10,12-14H2,1H3/t18-,21?,23-/m0/s1. The van der Waals surface area contributed by atoms with Crippen molar-refractivity contribution in [2.24, 2.45) is 0 Å². The van der Waals surface area contributed by atoms with E-state index in [-0.39, 0.29) is 24.0 Å². The summed E-state index contributed by atoms with van der Waals surface area (Å²) in [4.78, 5) is 22.7. The largest absolute Gasteiger partial charge is 0.370 e. The predicted octanol–water partition coefficient (Wildman–Crippen LogP) is 1.55. The number of aryl methyl sites for hydroxylation is 1. The minimum absolute atomic E-state index is 0.0519. The maximum Gasteiger partial charge on any atom is 0.230 e. The number of piperazine rings is 1. The summed E-state index contributed by atoms with van der Waals surface area (Å²) >= 11 is 0. The van der Waals surface area contributed by atoms with E-state index in [1.54, 1.807) is 0 Å². The van der Waals surface area contributed by atoms with Crippen molar-refractivity contribution in [3.05, 3.63) is 64.6 Å². The summed E-state index contributed by atoms with van der Waals surface area (Å²) in [5, 5.41) is 20.6. The Morgan fingerprint density at radius 2 is 2.09 bits per heavy atom. The summed E-state index contributed by atoms with van der Waals surface area (Å²) in [6, 6.07) is 12.1. The Hall–Kier alpha value is -3.68. The molecule has 0 N–H and O–H groups in total. The van der Waals surface area contributed by atoms with Crippen molar-refractivity contribution in [2.75, 3.05) is 32.8 Å². The third kappa shape index (κ3) is 3.87. The molecule has 0 bridgehead atoms. The van der Waals surface area contributed by atoms with Crippen LogP contribution in [-0.2, 0) is 16.0 Å². The second-order valence-electron chi connectivity index (χ2n) is 9.44. The highest BCUT2D eigenvalue weighted by molar-refractivity contribution is 5.85. The lowest BCUT2D eigenvalue weighted by Crippen LogP contribution is -2.60. The fraction of sp³-hybridized carbons (Fsp3) is 0.440. The predicted molar refractivity (Wildman–Crippen MR) is 125 cm³/mol. The molecule has 2 aliphatic heterocycles. The Balaban J connectivity index is 1.12. The SMILES string of the molecule is Cc1c(C#N)cccc1[C@@H]1CN2CCN(C(=O)C3CCc4nc(-n5cnnn5)ccc43)C[C@H]2CO1. The second kappa shape index (κ2) is 8.83. The molecule has 3 aliphatic rings. The fourth-order valence-corrected chi connectivity index (χ4v) is 5.62. The fourth-order valence-electron chi connectivity index (χ4n) is 5.62. The van der Waals surface area contributed by atoms with Gasteiger partial charge in [-0.05, 0) is 59.0 Å². The number of aromatic nitrogens is 5. The maximum atomic E-state index is 13.5. The first-order chi connectivity index (χ1) is 17.1. The molecule has 1 unspecified atom stereocenters. The van der Waals surface area contributed by atoms with Gasteiger partial charge in [-0.2, -0.15) is 9.94 Å². The van der Waals surface area contributed by atoms with E-state index in [1.807, 2.05) is 36.1 Å². The minimum atomic E-state index is -0.152. The molecule has 3 atom stereocenters. The molecule has 4 heterocycles. The van der Waals surface area contributed by atoms with Crippen molar-refractivity contribution < 1.29 is 9.53 Å². The van der Waals surface area contributed by atoms with Crippen molar-refractivity contribution in [1.82, 2.24) is 35.0 Å². The average molecular weight is 471 g/mol. The zero-order valence-electron chi connectivity index (χ0n) is 19.5. The van der Waals surface area contributed by atoms with Crippen molar-refractivity contribution in [2.45, 2.75) is 37.8 Å². The highest BCUT2D eigenvalue weighted by atomic mass is 16.5. The smallest absolute Gasteiger partial charge is 0.230 e. The average Bonchev–Trinajstić information content (AvgIpc) is 3.58. The Morgan fingerprint density at radius 1 is 1.17 bits per heavy atom. The van der Waals surface area contributed by atoms with Gasteiger partial charge in [0, 0.05) is 31.9 Å². The van der Waals surface area contributed by atoms with Crippen LogP contribution in [0.2, 0.25) is 0 Å². The highest BCUT2D eigenvalue weighted by Gasteiger charge is 2.39. The van der Waals surface area contributed by atoms with Crippen LogP contribution in [0.5, 0.6) is 0 Å². The molecule has 1 aliphatic carbocycles.